The van der Waals surface area contributed by atoms with Gasteiger partial charge in [0.25, 0.3) is 0 Å². The van der Waals surface area contributed by atoms with Crippen molar-refractivity contribution < 1.29 is 0 Å². The monoisotopic (exact) mass is 209 g/mol. The maximum Gasteiger partial charge on any atom is 0.0125 e. The van der Waals surface area contributed by atoms with Crippen molar-refractivity contribution in [2.75, 3.05) is 13.1 Å². The molecule has 1 nitrogen and oxygen atoms in total. The molecule has 2 atom stereocenters. The molecule has 0 spiro atoms. The van der Waals surface area contributed by atoms with Gasteiger partial charge in [-0.05, 0) is 52.0 Å². The fourth-order valence-electron chi connectivity index (χ4n) is 3.39. The first kappa shape index (κ1) is 11.4. The number of hydrogen-bond donors (Lipinski definition) is 0. The van der Waals surface area contributed by atoms with Gasteiger partial charge in [0, 0.05) is 12.1 Å². The second-order valence-corrected chi connectivity index (χ2v) is 6.56. The van der Waals surface area contributed by atoms with E-state index in [1.807, 2.05) is 0 Å². The first-order valence-electron chi connectivity index (χ1n) is 6.82. The molecular weight excluding hydrogens is 182 g/mol. The zero-order chi connectivity index (χ0) is 10.9. The van der Waals surface area contributed by atoms with E-state index in [0.717, 1.165) is 11.8 Å². The van der Waals surface area contributed by atoms with Crippen LogP contribution in [0.25, 0.3) is 0 Å². The highest BCUT2D eigenvalue weighted by atomic mass is 15.2. The van der Waals surface area contributed by atoms with Gasteiger partial charge in [0.2, 0.25) is 0 Å². The van der Waals surface area contributed by atoms with Gasteiger partial charge in [-0.1, -0.05) is 25.7 Å². The number of fused-ring (bicyclic) bond motifs is 1. The van der Waals surface area contributed by atoms with Crippen LogP contribution in [0.15, 0.2) is 0 Å². The Balaban J connectivity index is 1.97. The standard InChI is InChI=1S/C14H27N/c1-14(2,3)15-10-9-12-7-5-4-6-8-13(12)11-15/h12-13H,4-11H2,1-3H3/t12-,13+/m0/s1. The highest BCUT2D eigenvalue weighted by Crippen LogP contribution is 2.36. The molecule has 1 saturated heterocycles. The van der Waals surface area contributed by atoms with Gasteiger partial charge in [0.05, 0.1) is 0 Å². The Morgan fingerprint density at radius 3 is 2.20 bits per heavy atom. The van der Waals surface area contributed by atoms with Crippen LogP contribution in [0.1, 0.15) is 59.3 Å². The molecule has 0 aromatic rings. The zero-order valence-electron chi connectivity index (χ0n) is 10.8. The predicted octanol–water partition coefficient (Wildman–Crippen LogP) is 3.69. The smallest absolute Gasteiger partial charge is 0.0125 e. The fraction of sp³-hybridized carbons (Fsp3) is 1.00. The predicted molar refractivity (Wildman–Crippen MR) is 66.0 cm³/mol. The highest BCUT2D eigenvalue weighted by Gasteiger charge is 2.33. The largest absolute Gasteiger partial charge is 0.298 e. The minimum absolute atomic E-state index is 0.386. The minimum Gasteiger partial charge on any atom is -0.298 e. The Hall–Kier alpha value is -0.0400. The molecule has 1 heterocycles. The second kappa shape index (κ2) is 4.45. The van der Waals surface area contributed by atoms with Crippen LogP contribution >= 0.6 is 0 Å². The van der Waals surface area contributed by atoms with Crippen LogP contribution < -0.4 is 0 Å². The van der Waals surface area contributed by atoms with Gasteiger partial charge in [-0.25, -0.2) is 0 Å². The van der Waals surface area contributed by atoms with Gasteiger partial charge >= 0.3 is 0 Å². The third-order valence-corrected chi connectivity index (χ3v) is 4.49. The summed E-state index contributed by atoms with van der Waals surface area (Å²) in [7, 11) is 0. The Labute approximate surface area is 95.2 Å². The lowest BCUT2D eigenvalue weighted by atomic mass is 9.80. The van der Waals surface area contributed by atoms with Crippen LogP contribution in [-0.4, -0.2) is 23.5 Å². The maximum atomic E-state index is 2.71. The van der Waals surface area contributed by atoms with Crippen molar-refractivity contribution in [3.8, 4) is 0 Å². The summed E-state index contributed by atoms with van der Waals surface area (Å²) in [6.45, 7) is 9.80. The number of likely N-dealkylation sites (tertiary alicyclic amines) is 1. The molecule has 0 radical (unpaired) electrons. The summed E-state index contributed by atoms with van der Waals surface area (Å²) in [6.07, 6.45) is 8.94. The Morgan fingerprint density at radius 2 is 1.53 bits per heavy atom. The van der Waals surface area contributed by atoms with E-state index in [9.17, 15) is 0 Å². The quantitative estimate of drug-likeness (QED) is 0.588. The van der Waals surface area contributed by atoms with Crippen LogP contribution in [0.4, 0.5) is 0 Å². The second-order valence-electron chi connectivity index (χ2n) is 6.56. The molecule has 0 unspecified atom stereocenters. The van der Waals surface area contributed by atoms with Gasteiger partial charge in [-0.3, -0.25) is 4.90 Å². The summed E-state index contributed by atoms with van der Waals surface area (Å²) in [5, 5.41) is 0. The van der Waals surface area contributed by atoms with Gasteiger partial charge in [-0.2, -0.15) is 0 Å². The zero-order valence-corrected chi connectivity index (χ0v) is 10.8. The summed E-state index contributed by atoms with van der Waals surface area (Å²) in [5.74, 6) is 2.08. The molecule has 2 rings (SSSR count). The Bertz CT molecular complexity index is 204. The molecule has 0 aromatic heterocycles. The number of hydrogen-bond acceptors (Lipinski definition) is 1. The number of rotatable bonds is 0. The van der Waals surface area contributed by atoms with Crippen LogP contribution in [0.5, 0.6) is 0 Å². The number of nitrogens with zero attached hydrogens (tertiary/aromatic N) is 1. The summed E-state index contributed by atoms with van der Waals surface area (Å²) < 4.78 is 0. The van der Waals surface area contributed by atoms with Crippen molar-refractivity contribution in [3.63, 3.8) is 0 Å². The molecule has 2 fully saturated rings. The molecule has 0 aromatic carbocycles. The normalized spacial score (nSPS) is 34.6. The Morgan fingerprint density at radius 1 is 0.867 bits per heavy atom. The highest BCUT2D eigenvalue weighted by molar-refractivity contribution is 4.87. The van der Waals surface area contributed by atoms with Crippen LogP contribution in [0.2, 0.25) is 0 Å². The molecule has 0 bridgehead atoms. The lowest BCUT2D eigenvalue weighted by molar-refractivity contribution is 0.0438. The van der Waals surface area contributed by atoms with E-state index in [1.54, 1.807) is 0 Å². The van der Waals surface area contributed by atoms with Gasteiger partial charge < -0.3 is 0 Å². The van der Waals surface area contributed by atoms with E-state index in [2.05, 4.69) is 25.7 Å². The molecule has 1 aliphatic carbocycles. The summed E-state index contributed by atoms with van der Waals surface area (Å²) in [6, 6.07) is 0. The van der Waals surface area contributed by atoms with E-state index in [4.69, 9.17) is 0 Å². The Kier molecular flexibility index (Phi) is 3.39. The first-order chi connectivity index (χ1) is 7.07. The van der Waals surface area contributed by atoms with Crippen molar-refractivity contribution in [3.05, 3.63) is 0 Å². The van der Waals surface area contributed by atoms with Crippen LogP contribution in [0.3, 0.4) is 0 Å². The van der Waals surface area contributed by atoms with E-state index in [0.29, 0.717) is 5.54 Å². The van der Waals surface area contributed by atoms with Crippen LogP contribution in [0, 0.1) is 11.8 Å². The van der Waals surface area contributed by atoms with Crippen molar-refractivity contribution in [1.29, 1.82) is 0 Å². The van der Waals surface area contributed by atoms with Crippen molar-refractivity contribution in [2.24, 2.45) is 11.8 Å². The molecule has 1 aliphatic heterocycles. The molecular formula is C14H27N. The maximum absolute atomic E-state index is 2.71. The van der Waals surface area contributed by atoms with Crippen molar-refractivity contribution in [1.82, 2.24) is 4.90 Å². The van der Waals surface area contributed by atoms with Crippen LogP contribution in [-0.2, 0) is 0 Å². The number of piperidine rings is 1. The lowest BCUT2D eigenvalue weighted by Gasteiger charge is -2.44. The summed E-state index contributed by atoms with van der Waals surface area (Å²) in [4.78, 5) is 2.71. The molecule has 2 aliphatic rings. The average molecular weight is 209 g/mol. The average Bonchev–Trinajstić information content (AvgIpc) is 2.39. The molecule has 1 saturated carbocycles. The molecule has 1 heteroatoms. The van der Waals surface area contributed by atoms with Gasteiger partial charge in [0.1, 0.15) is 0 Å². The molecule has 0 amide bonds. The van der Waals surface area contributed by atoms with E-state index in [-0.39, 0.29) is 0 Å². The van der Waals surface area contributed by atoms with E-state index in [1.165, 1.54) is 51.6 Å². The fourth-order valence-corrected chi connectivity index (χ4v) is 3.39. The minimum atomic E-state index is 0.386. The topological polar surface area (TPSA) is 3.24 Å². The van der Waals surface area contributed by atoms with E-state index < -0.39 is 0 Å². The van der Waals surface area contributed by atoms with Crippen molar-refractivity contribution >= 4 is 0 Å². The molecule has 88 valence electrons. The lowest BCUT2D eigenvalue weighted by Crippen LogP contribution is -2.49. The van der Waals surface area contributed by atoms with Gasteiger partial charge in [-0.15, -0.1) is 0 Å². The van der Waals surface area contributed by atoms with Gasteiger partial charge in [0.15, 0.2) is 0 Å². The van der Waals surface area contributed by atoms with E-state index >= 15 is 0 Å². The summed E-state index contributed by atoms with van der Waals surface area (Å²) in [5.41, 5.74) is 0.386. The first-order valence-corrected chi connectivity index (χ1v) is 6.82. The third-order valence-electron chi connectivity index (χ3n) is 4.49. The molecule has 0 N–H and O–H groups in total. The third kappa shape index (κ3) is 2.75. The van der Waals surface area contributed by atoms with Crippen molar-refractivity contribution in [2.45, 2.75) is 64.8 Å². The SMILES string of the molecule is CC(C)(C)N1CC[C@@H]2CCCCC[C@@H]2C1. The summed E-state index contributed by atoms with van der Waals surface area (Å²) >= 11 is 0. The molecule has 15 heavy (non-hydrogen) atoms.